The second-order valence-electron chi connectivity index (χ2n) is 7.60. The van der Waals surface area contributed by atoms with Gasteiger partial charge in [0, 0.05) is 11.1 Å². The summed E-state index contributed by atoms with van der Waals surface area (Å²) in [5.74, 6) is 0.936. The first-order valence-corrected chi connectivity index (χ1v) is 8.22. The molecule has 22 heavy (non-hydrogen) atoms. The minimum Gasteiger partial charge on any atom is -0.494 e. The molecule has 2 heteroatoms. The van der Waals surface area contributed by atoms with Gasteiger partial charge in [-0.2, -0.15) is 0 Å². The van der Waals surface area contributed by atoms with Gasteiger partial charge in [0.25, 0.3) is 0 Å². The van der Waals surface area contributed by atoms with Crippen molar-refractivity contribution in [2.75, 3.05) is 6.61 Å². The first-order chi connectivity index (χ1) is 10.1. The van der Waals surface area contributed by atoms with E-state index in [4.69, 9.17) is 4.74 Å². The highest BCUT2D eigenvalue weighted by atomic mass is 16.5. The van der Waals surface area contributed by atoms with E-state index in [2.05, 4.69) is 60.4 Å². The summed E-state index contributed by atoms with van der Waals surface area (Å²) in [6.45, 7) is 19.7. The van der Waals surface area contributed by atoms with Gasteiger partial charge in [0.1, 0.15) is 5.75 Å². The first kappa shape index (κ1) is 20.7. The summed E-state index contributed by atoms with van der Waals surface area (Å²) in [6.07, 6.45) is 4.10. The van der Waals surface area contributed by atoms with Gasteiger partial charge in [0.15, 0.2) is 0 Å². The van der Waals surface area contributed by atoms with Crippen LogP contribution >= 0.6 is 0 Å². The number of unbranched alkanes of at least 4 members (excludes halogenated alkanes) is 1. The predicted molar refractivity (Wildman–Crippen MR) is 99.6 cm³/mol. The van der Waals surface area contributed by atoms with Crippen LogP contribution in [0.4, 0.5) is 0 Å². The monoisotopic (exact) mass is 305 g/mol. The Bertz CT molecular complexity index is 412. The predicted octanol–water partition coefficient (Wildman–Crippen LogP) is 5.68. The minimum absolute atomic E-state index is 0.234. The zero-order chi connectivity index (χ0) is 17.2. The van der Waals surface area contributed by atoms with E-state index in [0.29, 0.717) is 0 Å². The van der Waals surface area contributed by atoms with Crippen molar-refractivity contribution in [1.29, 1.82) is 0 Å². The van der Waals surface area contributed by atoms with Crippen LogP contribution in [0.15, 0.2) is 30.8 Å². The highest BCUT2D eigenvalue weighted by Crippen LogP contribution is 2.14. The van der Waals surface area contributed by atoms with E-state index in [0.717, 1.165) is 24.3 Å². The van der Waals surface area contributed by atoms with E-state index < -0.39 is 0 Å². The standard InChI is InChI=1S/C12H16O.C8H19N/c1-3-5-9-13-12-8-6-7-11(4-2)10-12;1-7(2,3)9-8(4,5)6/h4,6-8,10H,2-3,5,9H2,1H3;9H,1-6H3. The molecule has 1 N–H and O–H groups in total. The Morgan fingerprint density at radius 3 is 2.09 bits per heavy atom. The second kappa shape index (κ2) is 9.68. The van der Waals surface area contributed by atoms with E-state index in [9.17, 15) is 0 Å². The summed E-state index contributed by atoms with van der Waals surface area (Å²) in [5.41, 5.74) is 1.57. The van der Waals surface area contributed by atoms with E-state index in [1.807, 2.05) is 30.3 Å². The molecule has 0 aliphatic rings. The SMILES string of the molecule is C=Cc1cccc(OCCCC)c1.CC(C)(C)NC(C)(C)C. The lowest BCUT2D eigenvalue weighted by Gasteiger charge is -2.31. The molecular formula is C20H35NO. The third-order valence-electron chi connectivity index (χ3n) is 2.61. The average molecular weight is 306 g/mol. The average Bonchev–Trinajstić information content (AvgIpc) is 2.36. The van der Waals surface area contributed by atoms with Gasteiger partial charge in [0.2, 0.25) is 0 Å². The van der Waals surface area contributed by atoms with Gasteiger partial charge in [-0.3, -0.25) is 0 Å². The van der Waals surface area contributed by atoms with Gasteiger partial charge in [-0.05, 0) is 65.7 Å². The fraction of sp³-hybridized carbons (Fsp3) is 0.600. The van der Waals surface area contributed by atoms with Crippen molar-refractivity contribution >= 4 is 6.08 Å². The van der Waals surface area contributed by atoms with Gasteiger partial charge >= 0.3 is 0 Å². The van der Waals surface area contributed by atoms with Gasteiger partial charge in [-0.15, -0.1) is 0 Å². The molecule has 0 saturated carbocycles. The molecular weight excluding hydrogens is 270 g/mol. The fourth-order valence-electron chi connectivity index (χ4n) is 2.19. The normalized spacial score (nSPS) is 11.4. The molecule has 0 aromatic heterocycles. The Labute approximate surface area is 138 Å². The van der Waals surface area contributed by atoms with Crippen LogP contribution in [0.25, 0.3) is 6.08 Å². The van der Waals surface area contributed by atoms with Gasteiger partial charge in [0.05, 0.1) is 6.61 Å². The van der Waals surface area contributed by atoms with E-state index in [-0.39, 0.29) is 11.1 Å². The molecule has 0 unspecified atom stereocenters. The zero-order valence-corrected chi connectivity index (χ0v) is 15.6. The van der Waals surface area contributed by atoms with Crippen molar-refractivity contribution in [3.8, 4) is 5.75 Å². The zero-order valence-electron chi connectivity index (χ0n) is 15.6. The van der Waals surface area contributed by atoms with Crippen molar-refractivity contribution in [3.05, 3.63) is 36.4 Å². The lowest BCUT2D eigenvalue weighted by atomic mass is 10.0. The Hall–Kier alpha value is -1.28. The van der Waals surface area contributed by atoms with Gasteiger partial charge < -0.3 is 10.1 Å². The van der Waals surface area contributed by atoms with Crippen LogP contribution in [0.2, 0.25) is 0 Å². The molecule has 0 aliphatic heterocycles. The van der Waals surface area contributed by atoms with Crippen molar-refractivity contribution in [2.24, 2.45) is 0 Å². The quantitative estimate of drug-likeness (QED) is 0.706. The summed E-state index contributed by atoms with van der Waals surface area (Å²) < 4.78 is 5.54. The summed E-state index contributed by atoms with van der Waals surface area (Å²) in [5, 5.41) is 3.46. The molecule has 0 spiro atoms. The van der Waals surface area contributed by atoms with Gasteiger partial charge in [-0.1, -0.05) is 38.1 Å². The molecule has 0 fully saturated rings. The van der Waals surface area contributed by atoms with Crippen molar-refractivity contribution in [1.82, 2.24) is 5.32 Å². The number of hydrogen-bond donors (Lipinski definition) is 1. The number of hydrogen-bond acceptors (Lipinski definition) is 2. The molecule has 1 rings (SSSR count). The van der Waals surface area contributed by atoms with Crippen LogP contribution in [-0.4, -0.2) is 17.7 Å². The molecule has 1 aromatic carbocycles. The van der Waals surface area contributed by atoms with E-state index in [1.54, 1.807) is 0 Å². The maximum atomic E-state index is 5.54. The Morgan fingerprint density at radius 2 is 1.68 bits per heavy atom. The van der Waals surface area contributed by atoms with Crippen molar-refractivity contribution in [2.45, 2.75) is 72.4 Å². The van der Waals surface area contributed by atoms with Crippen molar-refractivity contribution in [3.63, 3.8) is 0 Å². The lowest BCUT2D eigenvalue weighted by molar-refractivity contribution is 0.303. The number of ether oxygens (including phenoxy) is 1. The number of nitrogens with one attached hydrogen (secondary N) is 1. The van der Waals surface area contributed by atoms with E-state index >= 15 is 0 Å². The molecule has 0 heterocycles. The maximum absolute atomic E-state index is 5.54. The molecule has 0 saturated heterocycles. The fourth-order valence-corrected chi connectivity index (χ4v) is 2.19. The molecule has 0 radical (unpaired) electrons. The lowest BCUT2D eigenvalue weighted by Crippen LogP contribution is -2.48. The smallest absolute Gasteiger partial charge is 0.119 e. The first-order valence-electron chi connectivity index (χ1n) is 8.22. The highest BCUT2D eigenvalue weighted by Gasteiger charge is 2.18. The minimum atomic E-state index is 0.234. The molecule has 0 amide bonds. The molecule has 0 aliphatic carbocycles. The summed E-state index contributed by atoms with van der Waals surface area (Å²) >= 11 is 0. The third-order valence-corrected chi connectivity index (χ3v) is 2.61. The highest BCUT2D eigenvalue weighted by molar-refractivity contribution is 5.49. The van der Waals surface area contributed by atoms with Crippen LogP contribution < -0.4 is 10.1 Å². The summed E-state index contributed by atoms with van der Waals surface area (Å²) in [4.78, 5) is 0. The molecule has 0 atom stereocenters. The summed E-state index contributed by atoms with van der Waals surface area (Å²) in [6, 6.07) is 7.98. The van der Waals surface area contributed by atoms with Crippen LogP contribution in [0.1, 0.15) is 66.9 Å². The van der Waals surface area contributed by atoms with Crippen molar-refractivity contribution < 1.29 is 4.74 Å². The Kier molecular flexibility index (Phi) is 9.12. The van der Waals surface area contributed by atoms with Gasteiger partial charge in [-0.25, -0.2) is 0 Å². The van der Waals surface area contributed by atoms with Crippen LogP contribution in [0.3, 0.4) is 0 Å². The Morgan fingerprint density at radius 1 is 1.09 bits per heavy atom. The molecule has 2 nitrogen and oxygen atoms in total. The maximum Gasteiger partial charge on any atom is 0.119 e. The number of benzene rings is 1. The topological polar surface area (TPSA) is 21.3 Å². The Balaban J connectivity index is 0.000000433. The summed E-state index contributed by atoms with van der Waals surface area (Å²) in [7, 11) is 0. The van der Waals surface area contributed by atoms with Crippen LogP contribution in [0.5, 0.6) is 5.75 Å². The second-order valence-corrected chi connectivity index (χ2v) is 7.60. The largest absolute Gasteiger partial charge is 0.494 e. The number of rotatable bonds is 5. The van der Waals surface area contributed by atoms with Crippen LogP contribution in [0, 0.1) is 0 Å². The van der Waals surface area contributed by atoms with Crippen LogP contribution in [-0.2, 0) is 0 Å². The third kappa shape index (κ3) is 12.5. The van der Waals surface area contributed by atoms with E-state index in [1.165, 1.54) is 6.42 Å². The molecule has 1 aromatic rings. The molecule has 126 valence electrons. The molecule has 0 bridgehead atoms.